The normalized spacial score (nSPS) is 22.2. The van der Waals surface area contributed by atoms with Crippen LogP contribution in [0.2, 0.25) is 0 Å². The van der Waals surface area contributed by atoms with Gasteiger partial charge in [0.1, 0.15) is 0 Å². The van der Waals surface area contributed by atoms with Gasteiger partial charge in [-0.05, 0) is 45.8 Å². The predicted molar refractivity (Wildman–Crippen MR) is 81.0 cm³/mol. The Hall–Kier alpha value is -0.0800. The lowest BCUT2D eigenvalue weighted by Crippen LogP contribution is -2.61. The molecule has 0 aromatic carbocycles. The van der Waals surface area contributed by atoms with E-state index in [0.717, 1.165) is 6.54 Å². The Morgan fingerprint density at radius 1 is 1.06 bits per heavy atom. The highest BCUT2D eigenvalue weighted by Gasteiger charge is 2.41. The van der Waals surface area contributed by atoms with Crippen molar-refractivity contribution in [2.45, 2.75) is 77.3 Å². The minimum absolute atomic E-state index is 0.375. The number of hydrogen-bond acceptors (Lipinski definition) is 2. The van der Waals surface area contributed by atoms with Gasteiger partial charge in [-0.25, -0.2) is 0 Å². The molecule has 1 fully saturated rings. The topological polar surface area (TPSA) is 15.3 Å². The molecule has 2 nitrogen and oxygen atoms in total. The van der Waals surface area contributed by atoms with E-state index in [-0.39, 0.29) is 0 Å². The Balaban J connectivity index is 2.89. The maximum Gasteiger partial charge on any atom is 0.0358 e. The summed E-state index contributed by atoms with van der Waals surface area (Å²) in [5.74, 6) is 0.706. The van der Waals surface area contributed by atoms with Crippen LogP contribution in [0.3, 0.4) is 0 Å². The van der Waals surface area contributed by atoms with Gasteiger partial charge in [-0.3, -0.25) is 0 Å². The average molecular weight is 254 g/mol. The van der Waals surface area contributed by atoms with Crippen LogP contribution in [-0.2, 0) is 0 Å². The summed E-state index contributed by atoms with van der Waals surface area (Å²) < 4.78 is 0. The Morgan fingerprint density at radius 3 is 2.00 bits per heavy atom. The first-order chi connectivity index (χ1) is 8.54. The molecule has 1 atom stereocenters. The molecule has 0 radical (unpaired) electrons. The van der Waals surface area contributed by atoms with Crippen LogP contribution in [0.1, 0.15) is 65.7 Å². The summed E-state index contributed by atoms with van der Waals surface area (Å²) in [5, 5.41) is 3.85. The van der Waals surface area contributed by atoms with Crippen molar-refractivity contribution in [3.63, 3.8) is 0 Å². The second kappa shape index (κ2) is 7.49. The molecule has 1 rings (SSSR count). The van der Waals surface area contributed by atoms with Crippen LogP contribution in [0.15, 0.2) is 0 Å². The molecule has 0 spiro atoms. The van der Waals surface area contributed by atoms with E-state index in [9.17, 15) is 0 Å². The Kier molecular flexibility index (Phi) is 6.65. The number of nitrogens with zero attached hydrogens (tertiary/aromatic N) is 1. The van der Waals surface area contributed by atoms with Gasteiger partial charge in [-0.15, -0.1) is 0 Å². The molecule has 0 saturated heterocycles. The zero-order chi connectivity index (χ0) is 13.6. The molecule has 0 aromatic rings. The Morgan fingerprint density at radius 2 is 1.61 bits per heavy atom. The van der Waals surface area contributed by atoms with Gasteiger partial charge in [0, 0.05) is 11.6 Å². The predicted octanol–water partition coefficient (Wildman–Crippen LogP) is 3.67. The van der Waals surface area contributed by atoms with Crippen LogP contribution in [-0.4, -0.2) is 37.1 Å². The lowest BCUT2D eigenvalue weighted by Gasteiger charge is -2.48. The van der Waals surface area contributed by atoms with Crippen LogP contribution in [0.4, 0.5) is 0 Å². The van der Waals surface area contributed by atoms with E-state index < -0.39 is 0 Å². The molecular weight excluding hydrogens is 220 g/mol. The molecule has 1 aliphatic carbocycles. The van der Waals surface area contributed by atoms with E-state index in [1.54, 1.807) is 0 Å². The van der Waals surface area contributed by atoms with E-state index in [0.29, 0.717) is 17.5 Å². The largest absolute Gasteiger partial charge is 0.312 e. The van der Waals surface area contributed by atoms with E-state index in [4.69, 9.17) is 0 Å². The van der Waals surface area contributed by atoms with E-state index in [1.165, 1.54) is 44.9 Å². The van der Waals surface area contributed by atoms with Crippen LogP contribution in [0.5, 0.6) is 0 Å². The number of rotatable bonds is 6. The van der Waals surface area contributed by atoms with Gasteiger partial charge < -0.3 is 10.2 Å². The maximum absolute atomic E-state index is 3.85. The van der Waals surface area contributed by atoms with Gasteiger partial charge in [0.25, 0.3) is 0 Å². The molecule has 1 saturated carbocycles. The number of likely N-dealkylation sites (N-methyl/N-ethyl adjacent to an activating group) is 1. The lowest BCUT2D eigenvalue weighted by molar-refractivity contribution is 0.0596. The first-order valence-corrected chi connectivity index (χ1v) is 7.95. The van der Waals surface area contributed by atoms with Crippen LogP contribution < -0.4 is 5.32 Å². The van der Waals surface area contributed by atoms with Crippen molar-refractivity contribution in [3.05, 3.63) is 0 Å². The first kappa shape index (κ1) is 16.0. The molecule has 0 bridgehead atoms. The van der Waals surface area contributed by atoms with Crippen LogP contribution >= 0.6 is 0 Å². The Labute approximate surface area is 115 Å². The summed E-state index contributed by atoms with van der Waals surface area (Å²) in [6, 6.07) is 0.630. The van der Waals surface area contributed by atoms with Crippen LogP contribution in [0, 0.1) is 5.92 Å². The third-order valence-electron chi connectivity index (χ3n) is 4.72. The molecule has 1 aliphatic rings. The molecule has 1 N–H and O–H groups in total. The SMILES string of the molecule is CCCNC(C(C)C)C1(N(C)C)CCCCCC1. The quantitative estimate of drug-likeness (QED) is 0.728. The fraction of sp³-hybridized carbons (Fsp3) is 1.00. The fourth-order valence-electron chi connectivity index (χ4n) is 3.72. The summed E-state index contributed by atoms with van der Waals surface area (Å²) in [6.07, 6.45) is 9.60. The van der Waals surface area contributed by atoms with Crippen LogP contribution in [0.25, 0.3) is 0 Å². The third kappa shape index (κ3) is 3.71. The molecule has 0 aliphatic heterocycles. The molecular formula is C16H34N2. The number of hydrogen-bond donors (Lipinski definition) is 1. The van der Waals surface area contributed by atoms with Crippen molar-refractivity contribution < 1.29 is 0 Å². The standard InChI is InChI=1S/C16H34N2/c1-6-13-17-15(14(2)3)16(18(4)5)11-9-7-8-10-12-16/h14-15,17H,6-13H2,1-5H3. The van der Waals surface area contributed by atoms with Gasteiger partial charge in [0.05, 0.1) is 0 Å². The highest BCUT2D eigenvalue weighted by molar-refractivity contribution is 5.01. The van der Waals surface area contributed by atoms with Crippen molar-refractivity contribution in [1.29, 1.82) is 0 Å². The van der Waals surface area contributed by atoms with Gasteiger partial charge in [0.2, 0.25) is 0 Å². The molecule has 0 heterocycles. The zero-order valence-corrected chi connectivity index (χ0v) is 13.3. The highest BCUT2D eigenvalue weighted by Crippen LogP contribution is 2.36. The maximum atomic E-state index is 3.85. The van der Waals surface area contributed by atoms with Crippen molar-refractivity contribution in [2.24, 2.45) is 5.92 Å². The van der Waals surface area contributed by atoms with Gasteiger partial charge in [-0.2, -0.15) is 0 Å². The number of nitrogens with one attached hydrogen (secondary N) is 1. The lowest BCUT2D eigenvalue weighted by atomic mass is 9.76. The second-order valence-corrected chi connectivity index (χ2v) is 6.59. The molecule has 18 heavy (non-hydrogen) atoms. The molecule has 0 amide bonds. The van der Waals surface area contributed by atoms with Crippen molar-refractivity contribution in [1.82, 2.24) is 10.2 Å². The molecule has 1 unspecified atom stereocenters. The minimum Gasteiger partial charge on any atom is -0.312 e. The average Bonchev–Trinajstić information content (AvgIpc) is 2.56. The van der Waals surface area contributed by atoms with E-state index >= 15 is 0 Å². The summed E-state index contributed by atoms with van der Waals surface area (Å²) >= 11 is 0. The van der Waals surface area contributed by atoms with Gasteiger partial charge in [-0.1, -0.05) is 46.5 Å². The summed E-state index contributed by atoms with van der Waals surface area (Å²) in [7, 11) is 4.57. The summed E-state index contributed by atoms with van der Waals surface area (Å²) in [4.78, 5) is 2.52. The van der Waals surface area contributed by atoms with Crippen molar-refractivity contribution >= 4 is 0 Å². The molecule has 2 heteroatoms. The zero-order valence-electron chi connectivity index (χ0n) is 13.3. The second-order valence-electron chi connectivity index (χ2n) is 6.59. The highest BCUT2D eigenvalue weighted by atomic mass is 15.2. The first-order valence-electron chi connectivity index (χ1n) is 7.95. The smallest absolute Gasteiger partial charge is 0.0358 e. The van der Waals surface area contributed by atoms with E-state index in [1.807, 2.05) is 0 Å². The minimum atomic E-state index is 0.375. The summed E-state index contributed by atoms with van der Waals surface area (Å²) in [6.45, 7) is 8.17. The third-order valence-corrected chi connectivity index (χ3v) is 4.72. The summed E-state index contributed by atoms with van der Waals surface area (Å²) in [5.41, 5.74) is 0.375. The van der Waals surface area contributed by atoms with Gasteiger partial charge in [0.15, 0.2) is 0 Å². The monoisotopic (exact) mass is 254 g/mol. The molecule has 108 valence electrons. The van der Waals surface area contributed by atoms with E-state index in [2.05, 4.69) is 45.1 Å². The fourth-order valence-corrected chi connectivity index (χ4v) is 3.72. The Bertz CT molecular complexity index is 215. The van der Waals surface area contributed by atoms with Gasteiger partial charge >= 0.3 is 0 Å². The van der Waals surface area contributed by atoms with Crippen molar-refractivity contribution in [3.8, 4) is 0 Å². The van der Waals surface area contributed by atoms with Crippen molar-refractivity contribution in [2.75, 3.05) is 20.6 Å². The molecule has 0 aromatic heterocycles.